The number of carbonyl (C=O) groups is 1. The highest BCUT2D eigenvalue weighted by Gasteiger charge is 2.48. The quantitative estimate of drug-likeness (QED) is 0.595. The highest BCUT2D eigenvalue weighted by molar-refractivity contribution is 5.76. The molecule has 0 aliphatic heterocycles. The molecule has 1 nitrogen and oxygen atoms in total. The van der Waals surface area contributed by atoms with Crippen LogP contribution in [0.3, 0.4) is 0 Å². The molecule has 13 heavy (non-hydrogen) atoms. The van der Waals surface area contributed by atoms with Gasteiger partial charge in [0.1, 0.15) is 6.29 Å². The molecule has 2 aliphatic carbocycles. The minimum absolute atomic E-state index is 0.508. The van der Waals surface area contributed by atoms with Crippen molar-refractivity contribution < 1.29 is 4.79 Å². The molecule has 1 heteroatoms. The summed E-state index contributed by atoms with van der Waals surface area (Å²) >= 11 is 0. The Morgan fingerprint density at radius 3 is 2.77 bits per heavy atom. The molecule has 0 amide bonds. The molecule has 0 bridgehead atoms. The van der Waals surface area contributed by atoms with E-state index in [9.17, 15) is 4.79 Å². The Labute approximate surface area is 77.8 Å². The third kappa shape index (κ3) is 0.902. The van der Waals surface area contributed by atoms with Crippen LogP contribution in [0.25, 0.3) is 0 Å². The summed E-state index contributed by atoms with van der Waals surface area (Å²) in [6.07, 6.45) is 6.15. The molecule has 66 valence electrons. The maximum Gasteiger partial charge on any atom is 0.150 e. The van der Waals surface area contributed by atoms with Gasteiger partial charge < -0.3 is 0 Å². The minimum atomic E-state index is 0.508. The van der Waals surface area contributed by atoms with Gasteiger partial charge in [0.25, 0.3) is 0 Å². The summed E-state index contributed by atoms with van der Waals surface area (Å²) in [5.74, 6) is 0. The fraction of sp³-hybridized carbons (Fsp3) is 0.417. The maximum absolute atomic E-state index is 10.6. The van der Waals surface area contributed by atoms with Crippen molar-refractivity contribution in [1.29, 1.82) is 0 Å². The lowest BCUT2D eigenvalue weighted by Gasteiger charge is -2.07. The molecular weight excluding hydrogens is 160 g/mol. The van der Waals surface area contributed by atoms with Gasteiger partial charge in [-0.15, -0.1) is 0 Å². The van der Waals surface area contributed by atoms with Gasteiger partial charge in [-0.2, -0.15) is 0 Å². The molecule has 1 aromatic carbocycles. The summed E-state index contributed by atoms with van der Waals surface area (Å²) in [4.78, 5) is 10.6. The van der Waals surface area contributed by atoms with Crippen LogP contribution in [0, 0.1) is 0 Å². The van der Waals surface area contributed by atoms with Gasteiger partial charge in [-0.25, -0.2) is 0 Å². The van der Waals surface area contributed by atoms with Gasteiger partial charge in [-0.05, 0) is 48.3 Å². The maximum atomic E-state index is 10.6. The SMILES string of the molecule is O=Cc1ccc2c(c1)C1(CC2)CC1. The molecule has 0 aromatic heterocycles. The van der Waals surface area contributed by atoms with E-state index in [1.807, 2.05) is 6.07 Å². The molecule has 0 N–H and O–H groups in total. The fourth-order valence-electron chi connectivity index (χ4n) is 2.56. The first-order chi connectivity index (χ1) is 6.34. The molecule has 1 saturated carbocycles. The summed E-state index contributed by atoms with van der Waals surface area (Å²) in [5, 5.41) is 0. The van der Waals surface area contributed by atoms with Crippen molar-refractivity contribution in [2.75, 3.05) is 0 Å². The van der Waals surface area contributed by atoms with Gasteiger partial charge in [-0.3, -0.25) is 4.79 Å². The molecule has 1 spiro atoms. The zero-order chi connectivity index (χ0) is 8.89. The molecule has 1 fully saturated rings. The van der Waals surface area contributed by atoms with E-state index >= 15 is 0 Å². The van der Waals surface area contributed by atoms with Gasteiger partial charge in [0.05, 0.1) is 0 Å². The second-order valence-corrected chi connectivity index (χ2v) is 4.31. The second kappa shape index (κ2) is 2.22. The number of fused-ring (bicyclic) bond motifs is 2. The Balaban J connectivity index is 2.17. The van der Waals surface area contributed by atoms with Crippen LogP contribution >= 0.6 is 0 Å². The summed E-state index contributed by atoms with van der Waals surface area (Å²) < 4.78 is 0. The predicted molar refractivity (Wildman–Crippen MR) is 51.1 cm³/mol. The number of aldehydes is 1. The van der Waals surface area contributed by atoms with Crippen LogP contribution in [0.4, 0.5) is 0 Å². The molecule has 1 aromatic rings. The zero-order valence-electron chi connectivity index (χ0n) is 7.55. The fourth-order valence-corrected chi connectivity index (χ4v) is 2.56. The smallest absolute Gasteiger partial charge is 0.150 e. The Morgan fingerprint density at radius 1 is 1.23 bits per heavy atom. The minimum Gasteiger partial charge on any atom is -0.298 e. The second-order valence-electron chi connectivity index (χ2n) is 4.31. The average Bonchev–Trinajstić information content (AvgIpc) is 2.86. The Bertz CT molecular complexity index is 375. The first kappa shape index (κ1) is 7.31. The van der Waals surface area contributed by atoms with Crippen LogP contribution in [0.2, 0.25) is 0 Å². The number of rotatable bonds is 1. The standard InChI is InChI=1S/C12H12O/c13-8-9-1-2-10-3-4-12(5-6-12)11(10)7-9/h1-2,7-8H,3-6H2. The third-order valence-electron chi connectivity index (χ3n) is 3.57. The molecular formula is C12H12O. The third-order valence-corrected chi connectivity index (χ3v) is 3.57. The first-order valence-corrected chi connectivity index (χ1v) is 4.93. The number of aryl methyl sites for hydroxylation is 1. The zero-order valence-corrected chi connectivity index (χ0v) is 7.55. The van der Waals surface area contributed by atoms with Crippen molar-refractivity contribution in [3.8, 4) is 0 Å². The first-order valence-electron chi connectivity index (χ1n) is 4.93. The normalized spacial score (nSPS) is 21.5. The Hall–Kier alpha value is -1.11. The lowest BCUT2D eigenvalue weighted by Crippen LogP contribution is -2.00. The Morgan fingerprint density at radius 2 is 2.08 bits per heavy atom. The van der Waals surface area contributed by atoms with Crippen molar-refractivity contribution in [3.63, 3.8) is 0 Å². The van der Waals surface area contributed by atoms with E-state index in [-0.39, 0.29) is 0 Å². The van der Waals surface area contributed by atoms with E-state index in [1.165, 1.54) is 36.8 Å². The van der Waals surface area contributed by atoms with Crippen LogP contribution in [0.1, 0.15) is 40.7 Å². The summed E-state index contributed by atoms with van der Waals surface area (Å²) in [5.41, 5.74) is 4.29. The molecule has 0 atom stereocenters. The van der Waals surface area contributed by atoms with Crippen molar-refractivity contribution in [3.05, 3.63) is 34.9 Å². The van der Waals surface area contributed by atoms with Gasteiger partial charge in [-0.1, -0.05) is 12.1 Å². The number of hydrogen-bond acceptors (Lipinski definition) is 1. The molecule has 0 unspecified atom stereocenters. The lowest BCUT2D eigenvalue weighted by atomic mass is 9.97. The van der Waals surface area contributed by atoms with Crippen molar-refractivity contribution in [1.82, 2.24) is 0 Å². The predicted octanol–water partition coefficient (Wildman–Crippen LogP) is 2.48. The number of carbonyl (C=O) groups excluding carboxylic acids is 1. The van der Waals surface area contributed by atoms with E-state index in [2.05, 4.69) is 12.1 Å². The van der Waals surface area contributed by atoms with Crippen molar-refractivity contribution in [2.24, 2.45) is 0 Å². The number of benzene rings is 1. The van der Waals surface area contributed by atoms with Crippen LogP contribution < -0.4 is 0 Å². The van der Waals surface area contributed by atoms with Crippen molar-refractivity contribution in [2.45, 2.75) is 31.1 Å². The van der Waals surface area contributed by atoms with Gasteiger partial charge >= 0.3 is 0 Å². The van der Waals surface area contributed by atoms with Gasteiger partial charge in [0, 0.05) is 5.56 Å². The topological polar surface area (TPSA) is 17.1 Å². The molecule has 2 aliphatic rings. The van der Waals surface area contributed by atoms with Crippen LogP contribution in [0.15, 0.2) is 18.2 Å². The van der Waals surface area contributed by atoms with Gasteiger partial charge in [0.2, 0.25) is 0 Å². The van der Waals surface area contributed by atoms with Crippen LogP contribution in [-0.4, -0.2) is 6.29 Å². The lowest BCUT2D eigenvalue weighted by molar-refractivity contribution is 0.112. The van der Waals surface area contributed by atoms with E-state index in [1.54, 1.807) is 0 Å². The summed E-state index contributed by atoms with van der Waals surface area (Å²) in [6.45, 7) is 0. The highest BCUT2D eigenvalue weighted by atomic mass is 16.1. The van der Waals surface area contributed by atoms with Crippen molar-refractivity contribution >= 4 is 6.29 Å². The van der Waals surface area contributed by atoms with E-state index in [4.69, 9.17) is 0 Å². The van der Waals surface area contributed by atoms with E-state index in [0.29, 0.717) is 5.41 Å². The number of hydrogen-bond donors (Lipinski definition) is 0. The molecule has 0 radical (unpaired) electrons. The van der Waals surface area contributed by atoms with Crippen LogP contribution in [0.5, 0.6) is 0 Å². The average molecular weight is 172 g/mol. The monoisotopic (exact) mass is 172 g/mol. The molecule has 0 saturated heterocycles. The highest BCUT2D eigenvalue weighted by Crippen LogP contribution is 2.56. The van der Waals surface area contributed by atoms with E-state index < -0.39 is 0 Å². The van der Waals surface area contributed by atoms with Gasteiger partial charge in [0.15, 0.2) is 0 Å². The summed E-state index contributed by atoms with van der Waals surface area (Å²) in [6, 6.07) is 6.17. The van der Waals surface area contributed by atoms with E-state index in [0.717, 1.165) is 11.8 Å². The largest absolute Gasteiger partial charge is 0.298 e. The van der Waals surface area contributed by atoms with Crippen LogP contribution in [-0.2, 0) is 11.8 Å². The summed E-state index contributed by atoms with van der Waals surface area (Å²) in [7, 11) is 0. The molecule has 0 heterocycles. The molecule has 3 rings (SSSR count). The Kier molecular flexibility index (Phi) is 1.25.